The summed E-state index contributed by atoms with van der Waals surface area (Å²) in [6.07, 6.45) is 13.5. The lowest BCUT2D eigenvalue weighted by Gasteiger charge is -2.00. The van der Waals surface area contributed by atoms with Crippen molar-refractivity contribution in [2.75, 3.05) is 0 Å². The number of hydrogen-bond acceptors (Lipinski definition) is 0. The van der Waals surface area contributed by atoms with Crippen molar-refractivity contribution in [1.29, 1.82) is 0 Å². The standard InChI is InChI=1S/C9H13/c1-2-3-6-9-7-4-5-8-9/h4-5,7,9H,2-3,6H2,1H3. The second kappa shape index (κ2) is 3.49. The first-order valence-electron chi connectivity index (χ1n) is 3.69. The van der Waals surface area contributed by atoms with Gasteiger partial charge < -0.3 is 0 Å². The van der Waals surface area contributed by atoms with Crippen LogP contribution in [-0.2, 0) is 0 Å². The number of unbranched alkanes of at least 4 members (excludes halogenated alkanes) is 1. The Hall–Kier alpha value is -0.520. The van der Waals surface area contributed by atoms with E-state index in [-0.39, 0.29) is 0 Å². The van der Waals surface area contributed by atoms with Gasteiger partial charge in [-0.05, 0) is 12.5 Å². The van der Waals surface area contributed by atoms with Crippen molar-refractivity contribution in [3.8, 4) is 0 Å². The van der Waals surface area contributed by atoms with Crippen LogP contribution in [-0.4, -0.2) is 0 Å². The molecule has 1 rings (SSSR count). The SMILES string of the molecule is CCCCC1[C]=CC=C1. The van der Waals surface area contributed by atoms with Crippen molar-refractivity contribution in [2.24, 2.45) is 5.92 Å². The normalized spacial score (nSPS) is 17.4. The maximum absolute atomic E-state index is 3.26. The molecular formula is C9H13. The molecule has 0 heterocycles. The molecular weight excluding hydrogens is 108 g/mol. The zero-order chi connectivity index (χ0) is 6.53. The molecule has 0 fully saturated rings. The Morgan fingerprint density at radius 2 is 2.44 bits per heavy atom. The molecule has 0 N–H and O–H groups in total. The van der Waals surface area contributed by atoms with Gasteiger partial charge in [0.05, 0.1) is 0 Å². The Morgan fingerprint density at radius 1 is 1.56 bits per heavy atom. The highest BCUT2D eigenvalue weighted by molar-refractivity contribution is 5.12. The highest BCUT2D eigenvalue weighted by atomic mass is 14.1. The van der Waals surface area contributed by atoms with Gasteiger partial charge in [0.15, 0.2) is 0 Å². The number of rotatable bonds is 3. The van der Waals surface area contributed by atoms with Crippen molar-refractivity contribution in [2.45, 2.75) is 26.2 Å². The van der Waals surface area contributed by atoms with E-state index in [0.717, 1.165) is 0 Å². The molecule has 0 bridgehead atoms. The molecule has 49 valence electrons. The van der Waals surface area contributed by atoms with Gasteiger partial charge in [-0.15, -0.1) is 0 Å². The number of allylic oxidation sites excluding steroid dienone is 4. The lowest BCUT2D eigenvalue weighted by Crippen LogP contribution is -1.87. The lowest BCUT2D eigenvalue weighted by molar-refractivity contribution is 0.637. The average Bonchev–Trinajstić information content (AvgIpc) is 2.34. The topological polar surface area (TPSA) is 0 Å². The smallest absolute Gasteiger partial charge is 0.00240 e. The summed E-state index contributed by atoms with van der Waals surface area (Å²) in [6, 6.07) is 0. The van der Waals surface area contributed by atoms with E-state index < -0.39 is 0 Å². The minimum Gasteiger partial charge on any atom is -0.0770 e. The maximum Gasteiger partial charge on any atom is 0.00240 e. The number of hydrogen-bond donors (Lipinski definition) is 0. The molecule has 0 saturated carbocycles. The third-order valence-electron chi connectivity index (χ3n) is 1.62. The third kappa shape index (κ3) is 2.05. The molecule has 1 atom stereocenters. The van der Waals surface area contributed by atoms with E-state index in [1.54, 1.807) is 0 Å². The second-order valence-corrected chi connectivity index (χ2v) is 2.47. The molecule has 9 heavy (non-hydrogen) atoms. The summed E-state index contributed by atoms with van der Waals surface area (Å²) in [6.45, 7) is 2.22. The van der Waals surface area contributed by atoms with E-state index in [0.29, 0.717) is 5.92 Å². The van der Waals surface area contributed by atoms with Crippen molar-refractivity contribution in [3.05, 3.63) is 24.3 Å². The van der Waals surface area contributed by atoms with Crippen LogP contribution in [0.4, 0.5) is 0 Å². The van der Waals surface area contributed by atoms with E-state index in [1.807, 2.05) is 6.08 Å². The summed E-state index contributed by atoms with van der Waals surface area (Å²) >= 11 is 0. The molecule has 0 aromatic heterocycles. The minimum absolute atomic E-state index is 0.630. The predicted octanol–water partition coefficient (Wildman–Crippen LogP) is 2.72. The molecule has 1 radical (unpaired) electrons. The van der Waals surface area contributed by atoms with Crippen molar-refractivity contribution in [1.82, 2.24) is 0 Å². The van der Waals surface area contributed by atoms with Gasteiger partial charge in [-0.1, -0.05) is 38.0 Å². The van der Waals surface area contributed by atoms with E-state index in [4.69, 9.17) is 0 Å². The summed E-state index contributed by atoms with van der Waals surface area (Å²) in [5.74, 6) is 0.630. The van der Waals surface area contributed by atoms with Crippen LogP contribution in [0.1, 0.15) is 26.2 Å². The van der Waals surface area contributed by atoms with E-state index in [9.17, 15) is 0 Å². The summed E-state index contributed by atoms with van der Waals surface area (Å²) in [7, 11) is 0. The predicted molar refractivity (Wildman–Crippen MR) is 40.0 cm³/mol. The molecule has 0 heteroatoms. The van der Waals surface area contributed by atoms with Gasteiger partial charge in [-0.25, -0.2) is 0 Å². The molecule has 1 aliphatic rings. The Morgan fingerprint density at radius 3 is 3.00 bits per heavy atom. The van der Waals surface area contributed by atoms with E-state index >= 15 is 0 Å². The van der Waals surface area contributed by atoms with Crippen molar-refractivity contribution >= 4 is 0 Å². The van der Waals surface area contributed by atoms with Crippen LogP contribution >= 0.6 is 0 Å². The third-order valence-corrected chi connectivity index (χ3v) is 1.62. The summed E-state index contributed by atoms with van der Waals surface area (Å²) in [5.41, 5.74) is 0. The van der Waals surface area contributed by atoms with Gasteiger partial charge >= 0.3 is 0 Å². The van der Waals surface area contributed by atoms with Crippen LogP contribution in [0.25, 0.3) is 0 Å². The van der Waals surface area contributed by atoms with Crippen LogP contribution in [0.15, 0.2) is 18.2 Å². The Bertz CT molecular complexity index is 108. The first-order valence-corrected chi connectivity index (χ1v) is 3.69. The van der Waals surface area contributed by atoms with Crippen LogP contribution < -0.4 is 0 Å². The zero-order valence-electron chi connectivity index (χ0n) is 5.93. The highest BCUT2D eigenvalue weighted by Crippen LogP contribution is 2.14. The zero-order valence-corrected chi connectivity index (χ0v) is 5.93. The molecule has 0 aromatic rings. The second-order valence-electron chi connectivity index (χ2n) is 2.47. The largest absolute Gasteiger partial charge is 0.0770 e. The van der Waals surface area contributed by atoms with Crippen molar-refractivity contribution < 1.29 is 0 Å². The van der Waals surface area contributed by atoms with Gasteiger partial charge in [0.2, 0.25) is 0 Å². The van der Waals surface area contributed by atoms with Gasteiger partial charge in [0, 0.05) is 5.92 Å². The molecule has 1 unspecified atom stereocenters. The van der Waals surface area contributed by atoms with E-state index in [1.165, 1.54) is 19.3 Å². The van der Waals surface area contributed by atoms with Gasteiger partial charge in [-0.2, -0.15) is 0 Å². The molecule has 0 aliphatic heterocycles. The van der Waals surface area contributed by atoms with Crippen LogP contribution in [0, 0.1) is 12.0 Å². The summed E-state index contributed by atoms with van der Waals surface area (Å²) in [5, 5.41) is 0. The molecule has 0 amide bonds. The first kappa shape index (κ1) is 6.60. The summed E-state index contributed by atoms with van der Waals surface area (Å²) in [4.78, 5) is 0. The molecule has 1 aliphatic carbocycles. The fourth-order valence-corrected chi connectivity index (χ4v) is 1.03. The van der Waals surface area contributed by atoms with Crippen LogP contribution in [0.3, 0.4) is 0 Å². The van der Waals surface area contributed by atoms with Crippen LogP contribution in [0.5, 0.6) is 0 Å². The lowest BCUT2D eigenvalue weighted by atomic mass is 10.0. The minimum atomic E-state index is 0.630. The quantitative estimate of drug-likeness (QED) is 0.538. The Balaban J connectivity index is 2.13. The Kier molecular flexibility index (Phi) is 2.56. The van der Waals surface area contributed by atoms with Gasteiger partial charge in [0.25, 0.3) is 0 Å². The van der Waals surface area contributed by atoms with Crippen LogP contribution in [0.2, 0.25) is 0 Å². The van der Waals surface area contributed by atoms with Gasteiger partial charge in [-0.3, -0.25) is 0 Å². The summed E-state index contributed by atoms with van der Waals surface area (Å²) < 4.78 is 0. The van der Waals surface area contributed by atoms with Gasteiger partial charge in [0.1, 0.15) is 0 Å². The highest BCUT2D eigenvalue weighted by Gasteiger charge is 2.01. The molecule has 0 aromatic carbocycles. The fraction of sp³-hybridized carbons (Fsp3) is 0.556. The average molecular weight is 121 g/mol. The van der Waals surface area contributed by atoms with Crippen molar-refractivity contribution in [3.63, 3.8) is 0 Å². The molecule has 0 nitrogen and oxygen atoms in total. The van der Waals surface area contributed by atoms with E-state index in [2.05, 4.69) is 25.2 Å². The first-order chi connectivity index (χ1) is 4.43. The monoisotopic (exact) mass is 121 g/mol. The molecule has 0 saturated heterocycles. The Labute approximate surface area is 57.3 Å². The fourth-order valence-electron chi connectivity index (χ4n) is 1.03. The maximum atomic E-state index is 3.26. The molecule has 0 spiro atoms.